The van der Waals surface area contributed by atoms with E-state index in [0.29, 0.717) is 6.61 Å². The molecule has 1 radical (unpaired) electrons. The zero-order valence-electron chi connectivity index (χ0n) is 9.30. The summed E-state index contributed by atoms with van der Waals surface area (Å²) in [5, 5.41) is 0. The van der Waals surface area contributed by atoms with Crippen molar-refractivity contribution in [2.75, 3.05) is 6.61 Å². The van der Waals surface area contributed by atoms with Crippen molar-refractivity contribution in [1.82, 2.24) is 9.97 Å². The molecule has 0 aliphatic carbocycles. The van der Waals surface area contributed by atoms with Crippen LogP contribution in [0.2, 0.25) is 0 Å². The summed E-state index contributed by atoms with van der Waals surface area (Å²) in [5.41, 5.74) is -0.289. The summed E-state index contributed by atoms with van der Waals surface area (Å²) in [4.78, 5) is 15.9. The van der Waals surface area contributed by atoms with Crippen molar-refractivity contribution < 1.29 is 37.4 Å². The monoisotopic (exact) mass is 305 g/mol. The van der Waals surface area contributed by atoms with Crippen LogP contribution in [-0.4, -0.2) is 16.6 Å². The zero-order chi connectivity index (χ0) is 11.6. The summed E-state index contributed by atoms with van der Waals surface area (Å²) in [7, 11) is 0. The van der Waals surface area contributed by atoms with Crippen LogP contribution >= 0.6 is 0 Å². The maximum atomic E-state index is 10.1. The number of H-pyrrole nitrogens is 1. The van der Waals surface area contributed by atoms with Gasteiger partial charge in [-0.2, -0.15) is 0 Å². The first-order chi connectivity index (χ1) is 7.83. The Bertz CT molecular complexity index is 428. The standard InChI is InChI=1S/C8H9O.C4H3N2O.Y/c1-2-9-8-6-4-3-5-7-8;7-4-3-5-1-2-6-4;/h3-7H,1-2H2;1-2H,(H,6,7);/q2*-1;. The number of aromatic amines is 1. The third-order valence-corrected chi connectivity index (χ3v) is 1.54. The van der Waals surface area contributed by atoms with Crippen molar-refractivity contribution in [3.8, 4) is 5.75 Å². The number of aromatic nitrogens is 2. The van der Waals surface area contributed by atoms with Gasteiger partial charge in [-0.3, -0.25) is 4.79 Å². The van der Waals surface area contributed by atoms with E-state index in [9.17, 15) is 4.79 Å². The molecule has 0 unspecified atom stereocenters. The van der Waals surface area contributed by atoms with E-state index in [0.717, 1.165) is 5.75 Å². The molecule has 17 heavy (non-hydrogen) atoms. The normalized spacial score (nSPS) is 8.29. The molecule has 0 fully saturated rings. The minimum atomic E-state index is -0.289. The third kappa shape index (κ3) is 7.83. The fourth-order valence-electron chi connectivity index (χ4n) is 0.913. The average molecular weight is 305 g/mol. The van der Waals surface area contributed by atoms with Gasteiger partial charge >= 0.3 is 0 Å². The molecule has 0 atom stereocenters. The number of para-hydroxylation sites is 1. The second-order valence-electron chi connectivity index (χ2n) is 2.69. The molecule has 0 bridgehead atoms. The van der Waals surface area contributed by atoms with Gasteiger partial charge in [-0.05, 0) is 18.7 Å². The van der Waals surface area contributed by atoms with Crippen LogP contribution in [0.5, 0.6) is 5.75 Å². The zero-order valence-corrected chi connectivity index (χ0v) is 12.1. The van der Waals surface area contributed by atoms with Crippen molar-refractivity contribution in [2.24, 2.45) is 0 Å². The van der Waals surface area contributed by atoms with Crippen molar-refractivity contribution in [1.29, 1.82) is 0 Å². The Morgan fingerprint density at radius 1 is 1.35 bits per heavy atom. The molecule has 1 N–H and O–H groups in total. The predicted molar refractivity (Wildman–Crippen MR) is 61.0 cm³/mol. The van der Waals surface area contributed by atoms with Gasteiger partial charge in [-0.15, -0.1) is 6.20 Å². The summed E-state index contributed by atoms with van der Waals surface area (Å²) < 4.78 is 5.09. The molecule has 0 amide bonds. The van der Waals surface area contributed by atoms with Crippen molar-refractivity contribution in [3.05, 3.63) is 66.2 Å². The van der Waals surface area contributed by atoms with E-state index in [-0.39, 0.29) is 38.3 Å². The molecule has 1 aromatic heterocycles. The smallest absolute Gasteiger partial charge is 0.173 e. The van der Waals surface area contributed by atoms with E-state index >= 15 is 0 Å². The number of hydrogen-bond acceptors (Lipinski definition) is 3. The number of benzene rings is 1. The minimum Gasteiger partial charge on any atom is -0.525 e. The Morgan fingerprint density at radius 3 is 2.47 bits per heavy atom. The van der Waals surface area contributed by atoms with E-state index in [1.807, 2.05) is 30.3 Å². The Kier molecular flexibility index (Phi) is 9.58. The second-order valence-corrected chi connectivity index (χ2v) is 2.69. The first kappa shape index (κ1) is 16.0. The molecule has 87 valence electrons. The maximum Gasteiger partial charge on any atom is 0.173 e. The predicted octanol–water partition coefficient (Wildman–Crippen LogP) is 1.47. The van der Waals surface area contributed by atoms with Gasteiger partial charge in [0.05, 0.1) is 0 Å². The van der Waals surface area contributed by atoms with Gasteiger partial charge < -0.3 is 21.6 Å². The molecule has 2 rings (SSSR count). The maximum absolute atomic E-state index is 10.1. The summed E-state index contributed by atoms with van der Waals surface area (Å²) in [6.07, 6.45) is 5.09. The third-order valence-electron chi connectivity index (χ3n) is 1.54. The Hall–Kier alpha value is -0.996. The number of ether oxygens (including phenoxy) is 1. The molecular weight excluding hydrogens is 293 g/mol. The van der Waals surface area contributed by atoms with Crippen LogP contribution in [-0.2, 0) is 32.7 Å². The molecule has 4 nitrogen and oxygen atoms in total. The van der Waals surface area contributed by atoms with Gasteiger partial charge in [-0.1, -0.05) is 30.6 Å². The molecule has 1 heterocycles. The quantitative estimate of drug-likeness (QED) is 0.855. The molecule has 5 heteroatoms. The molecular formula is C12H12N2O2Y-2. The van der Waals surface area contributed by atoms with Crippen LogP contribution in [0.3, 0.4) is 0 Å². The van der Waals surface area contributed by atoms with Gasteiger partial charge in [0.25, 0.3) is 0 Å². The molecule has 0 saturated carbocycles. The van der Waals surface area contributed by atoms with Crippen LogP contribution in [0.15, 0.2) is 47.5 Å². The fourth-order valence-corrected chi connectivity index (χ4v) is 0.913. The number of nitrogens with one attached hydrogen (secondary N) is 1. The summed E-state index contributed by atoms with van der Waals surface area (Å²) >= 11 is 0. The summed E-state index contributed by atoms with van der Waals surface area (Å²) in [6, 6.07) is 9.64. The van der Waals surface area contributed by atoms with Gasteiger partial charge in [0.2, 0.25) is 0 Å². The number of nitrogens with zero attached hydrogens (tertiary/aromatic N) is 1. The van der Waals surface area contributed by atoms with Crippen LogP contribution in [0, 0.1) is 13.1 Å². The SMILES string of the molecule is O=c1[c-]ncc[nH]1.[CH2-]COc1ccccc1.[Y]. The van der Waals surface area contributed by atoms with Gasteiger partial charge in [-0.25, -0.2) is 0 Å². The van der Waals surface area contributed by atoms with E-state index < -0.39 is 0 Å². The molecule has 2 aromatic rings. The molecule has 1 aromatic carbocycles. The fraction of sp³-hybridized carbons (Fsp3) is 0.0833. The first-order valence-corrected chi connectivity index (χ1v) is 4.71. The van der Waals surface area contributed by atoms with E-state index in [4.69, 9.17) is 4.74 Å². The van der Waals surface area contributed by atoms with Crippen LogP contribution in [0.4, 0.5) is 0 Å². The summed E-state index contributed by atoms with van der Waals surface area (Å²) in [6.45, 7) is 4.05. The summed E-state index contributed by atoms with van der Waals surface area (Å²) in [5.74, 6) is 0.882. The van der Waals surface area contributed by atoms with Crippen molar-refractivity contribution in [2.45, 2.75) is 0 Å². The Morgan fingerprint density at radius 2 is 2.06 bits per heavy atom. The van der Waals surface area contributed by atoms with Crippen LogP contribution < -0.4 is 10.3 Å². The van der Waals surface area contributed by atoms with Gasteiger partial charge in [0, 0.05) is 32.7 Å². The molecule has 0 aliphatic heterocycles. The Balaban J connectivity index is 0.000000292. The van der Waals surface area contributed by atoms with Crippen molar-refractivity contribution in [3.63, 3.8) is 0 Å². The largest absolute Gasteiger partial charge is 0.525 e. The van der Waals surface area contributed by atoms with E-state index in [1.54, 1.807) is 0 Å². The number of hydrogen-bond donors (Lipinski definition) is 1. The van der Waals surface area contributed by atoms with Gasteiger partial charge in [0.15, 0.2) is 5.56 Å². The number of rotatable bonds is 2. The van der Waals surface area contributed by atoms with Crippen LogP contribution in [0.25, 0.3) is 0 Å². The molecule has 0 aliphatic rings. The van der Waals surface area contributed by atoms with Crippen LogP contribution in [0.1, 0.15) is 0 Å². The van der Waals surface area contributed by atoms with E-state index in [2.05, 4.69) is 23.1 Å². The van der Waals surface area contributed by atoms with Crippen molar-refractivity contribution >= 4 is 0 Å². The minimum absolute atomic E-state index is 0. The van der Waals surface area contributed by atoms with E-state index in [1.165, 1.54) is 12.4 Å². The second kappa shape index (κ2) is 10.2. The first-order valence-electron chi connectivity index (χ1n) is 4.71. The molecule has 0 spiro atoms. The average Bonchev–Trinajstić information content (AvgIpc) is 2.33. The Labute approximate surface area is 125 Å². The topological polar surface area (TPSA) is 55.0 Å². The van der Waals surface area contributed by atoms with Gasteiger partial charge in [0.1, 0.15) is 5.75 Å². The molecule has 0 saturated heterocycles.